The number of rotatable bonds is 5. The molecular formula is C14H22ClNS. The van der Waals surface area contributed by atoms with Crippen LogP contribution < -0.4 is 5.32 Å². The minimum Gasteiger partial charge on any atom is -0.314 e. The van der Waals surface area contributed by atoms with Crippen molar-refractivity contribution in [1.29, 1.82) is 0 Å². The molecule has 0 saturated heterocycles. The summed E-state index contributed by atoms with van der Waals surface area (Å²) in [6.45, 7) is 5.81. The van der Waals surface area contributed by atoms with E-state index in [-0.39, 0.29) is 0 Å². The molecule has 1 saturated carbocycles. The van der Waals surface area contributed by atoms with Gasteiger partial charge in [-0.25, -0.2) is 0 Å². The molecule has 1 nitrogen and oxygen atoms in total. The Labute approximate surface area is 114 Å². The Morgan fingerprint density at radius 3 is 3.00 bits per heavy atom. The van der Waals surface area contributed by atoms with Gasteiger partial charge in [0.1, 0.15) is 0 Å². The van der Waals surface area contributed by atoms with E-state index in [9.17, 15) is 0 Å². The Balaban J connectivity index is 1.88. The molecule has 0 aromatic carbocycles. The third kappa shape index (κ3) is 3.70. The van der Waals surface area contributed by atoms with E-state index in [0.29, 0.717) is 5.41 Å². The summed E-state index contributed by atoms with van der Waals surface area (Å²) in [5.41, 5.74) is 0.472. The highest BCUT2D eigenvalue weighted by Gasteiger charge is 2.35. The molecule has 2 atom stereocenters. The molecule has 0 aliphatic heterocycles. The summed E-state index contributed by atoms with van der Waals surface area (Å²) < 4.78 is 0.919. The van der Waals surface area contributed by atoms with Crippen LogP contribution >= 0.6 is 22.9 Å². The number of thiophene rings is 1. The second-order valence-corrected chi connectivity index (χ2v) is 7.39. The third-order valence-corrected chi connectivity index (χ3v) is 4.98. The first-order chi connectivity index (χ1) is 8.11. The van der Waals surface area contributed by atoms with Crippen LogP contribution in [0.1, 0.15) is 44.4 Å². The Bertz CT molecular complexity index is 363. The number of hydrogen-bond donors (Lipinski definition) is 1. The summed E-state index contributed by atoms with van der Waals surface area (Å²) in [6, 6.07) is 4.94. The molecule has 1 aromatic heterocycles. The fourth-order valence-corrected chi connectivity index (χ4v) is 4.18. The van der Waals surface area contributed by atoms with Crippen molar-refractivity contribution >= 4 is 22.9 Å². The fraction of sp³-hybridized carbons (Fsp3) is 0.714. The van der Waals surface area contributed by atoms with E-state index in [0.717, 1.165) is 16.9 Å². The molecule has 1 aliphatic rings. The van der Waals surface area contributed by atoms with E-state index >= 15 is 0 Å². The van der Waals surface area contributed by atoms with Crippen LogP contribution in [0.2, 0.25) is 4.34 Å². The second-order valence-electron chi connectivity index (χ2n) is 5.59. The zero-order valence-electron chi connectivity index (χ0n) is 10.8. The summed E-state index contributed by atoms with van der Waals surface area (Å²) in [5.74, 6) is 0. The van der Waals surface area contributed by atoms with Gasteiger partial charge in [0.15, 0.2) is 0 Å². The Morgan fingerprint density at radius 2 is 2.35 bits per heavy atom. The summed E-state index contributed by atoms with van der Waals surface area (Å²) in [5, 5.41) is 3.65. The summed E-state index contributed by atoms with van der Waals surface area (Å²) in [7, 11) is 0. The predicted octanol–water partition coefficient (Wildman–Crippen LogP) is 4.50. The molecule has 0 amide bonds. The lowest BCUT2D eigenvalue weighted by Gasteiger charge is -2.23. The standard InChI is InChI=1S/C14H22ClNS/c1-3-8-16-11-6-7-14(2,9-11)10-12-4-5-13(15)17-12/h4-5,11,16H,3,6-10H2,1-2H3. The van der Waals surface area contributed by atoms with Gasteiger partial charge in [-0.1, -0.05) is 25.4 Å². The van der Waals surface area contributed by atoms with Crippen LogP contribution in [0.5, 0.6) is 0 Å². The van der Waals surface area contributed by atoms with Crippen LogP contribution in [0.25, 0.3) is 0 Å². The molecule has 17 heavy (non-hydrogen) atoms. The molecule has 1 heterocycles. The van der Waals surface area contributed by atoms with Crippen LogP contribution in [0, 0.1) is 5.41 Å². The third-order valence-electron chi connectivity index (χ3n) is 3.75. The first-order valence-corrected chi connectivity index (χ1v) is 7.78. The lowest BCUT2D eigenvalue weighted by molar-refractivity contribution is 0.324. The number of hydrogen-bond acceptors (Lipinski definition) is 2. The number of nitrogens with one attached hydrogen (secondary N) is 1. The fourth-order valence-electron chi connectivity index (χ4n) is 2.87. The molecule has 2 rings (SSSR count). The van der Waals surface area contributed by atoms with E-state index < -0.39 is 0 Å². The molecular weight excluding hydrogens is 250 g/mol. The average Bonchev–Trinajstić information content (AvgIpc) is 2.83. The molecule has 1 aromatic rings. The summed E-state index contributed by atoms with van der Waals surface area (Å²) in [4.78, 5) is 1.44. The van der Waals surface area contributed by atoms with E-state index in [1.54, 1.807) is 11.3 Å². The second kappa shape index (κ2) is 5.73. The maximum atomic E-state index is 5.99. The molecule has 0 bridgehead atoms. The van der Waals surface area contributed by atoms with Crippen molar-refractivity contribution in [2.24, 2.45) is 5.41 Å². The highest BCUT2D eigenvalue weighted by molar-refractivity contribution is 7.16. The van der Waals surface area contributed by atoms with Gasteiger partial charge in [-0.05, 0) is 56.2 Å². The minimum absolute atomic E-state index is 0.472. The van der Waals surface area contributed by atoms with Gasteiger partial charge in [0.25, 0.3) is 0 Å². The van der Waals surface area contributed by atoms with Gasteiger partial charge >= 0.3 is 0 Å². The zero-order chi connectivity index (χ0) is 12.3. The Kier molecular flexibility index (Phi) is 4.51. The highest BCUT2D eigenvalue weighted by Crippen LogP contribution is 2.42. The van der Waals surface area contributed by atoms with Crippen LogP contribution in [0.3, 0.4) is 0 Å². The largest absolute Gasteiger partial charge is 0.314 e. The first-order valence-electron chi connectivity index (χ1n) is 6.59. The summed E-state index contributed by atoms with van der Waals surface area (Å²) >= 11 is 7.73. The molecule has 0 radical (unpaired) electrons. The maximum absolute atomic E-state index is 5.99. The molecule has 1 aliphatic carbocycles. The van der Waals surface area contributed by atoms with Crippen molar-refractivity contribution in [3.05, 3.63) is 21.3 Å². The first kappa shape index (κ1) is 13.4. The molecule has 1 fully saturated rings. The molecule has 96 valence electrons. The quantitative estimate of drug-likeness (QED) is 0.831. The van der Waals surface area contributed by atoms with Crippen molar-refractivity contribution < 1.29 is 0 Å². The molecule has 2 unspecified atom stereocenters. The Morgan fingerprint density at radius 1 is 1.53 bits per heavy atom. The van der Waals surface area contributed by atoms with E-state index in [1.807, 2.05) is 6.07 Å². The van der Waals surface area contributed by atoms with Gasteiger partial charge in [0.05, 0.1) is 4.34 Å². The monoisotopic (exact) mass is 271 g/mol. The van der Waals surface area contributed by atoms with Crippen LogP contribution in [0.15, 0.2) is 12.1 Å². The van der Waals surface area contributed by atoms with Crippen molar-refractivity contribution in [3.63, 3.8) is 0 Å². The summed E-state index contributed by atoms with van der Waals surface area (Å²) in [6.07, 6.45) is 6.39. The lowest BCUT2D eigenvalue weighted by Crippen LogP contribution is -2.28. The van der Waals surface area contributed by atoms with Crippen molar-refractivity contribution in [1.82, 2.24) is 5.32 Å². The molecule has 1 N–H and O–H groups in total. The van der Waals surface area contributed by atoms with E-state index in [2.05, 4.69) is 25.2 Å². The van der Waals surface area contributed by atoms with Gasteiger partial charge in [-0.3, -0.25) is 0 Å². The smallest absolute Gasteiger partial charge is 0.0931 e. The van der Waals surface area contributed by atoms with Gasteiger partial charge in [0.2, 0.25) is 0 Å². The topological polar surface area (TPSA) is 12.0 Å². The SMILES string of the molecule is CCCNC1CCC(C)(Cc2ccc(Cl)s2)C1. The minimum atomic E-state index is 0.472. The zero-order valence-corrected chi connectivity index (χ0v) is 12.3. The maximum Gasteiger partial charge on any atom is 0.0931 e. The average molecular weight is 272 g/mol. The number of halogens is 1. The van der Waals surface area contributed by atoms with Crippen LogP contribution in [0.4, 0.5) is 0 Å². The van der Waals surface area contributed by atoms with Crippen LogP contribution in [-0.4, -0.2) is 12.6 Å². The highest BCUT2D eigenvalue weighted by atomic mass is 35.5. The predicted molar refractivity (Wildman–Crippen MR) is 77.1 cm³/mol. The van der Waals surface area contributed by atoms with E-state index in [1.165, 1.54) is 37.0 Å². The van der Waals surface area contributed by atoms with Gasteiger partial charge < -0.3 is 5.32 Å². The van der Waals surface area contributed by atoms with Gasteiger partial charge in [-0.15, -0.1) is 11.3 Å². The van der Waals surface area contributed by atoms with Crippen molar-refractivity contribution in [2.45, 2.75) is 52.0 Å². The normalized spacial score (nSPS) is 28.8. The van der Waals surface area contributed by atoms with E-state index in [4.69, 9.17) is 11.6 Å². The Hall–Kier alpha value is -0.0500. The van der Waals surface area contributed by atoms with Gasteiger partial charge in [0, 0.05) is 10.9 Å². The molecule has 3 heteroatoms. The van der Waals surface area contributed by atoms with Crippen LogP contribution in [-0.2, 0) is 6.42 Å². The lowest BCUT2D eigenvalue weighted by atomic mass is 9.84. The van der Waals surface area contributed by atoms with Gasteiger partial charge in [-0.2, -0.15) is 0 Å². The molecule has 0 spiro atoms. The van der Waals surface area contributed by atoms with Crippen molar-refractivity contribution in [3.8, 4) is 0 Å². The van der Waals surface area contributed by atoms with Crippen molar-refractivity contribution in [2.75, 3.05) is 6.54 Å².